The molecule has 0 unspecified atom stereocenters. The molecule has 1 saturated heterocycles. The zero-order valence-electron chi connectivity index (χ0n) is 15.9. The first kappa shape index (κ1) is 21.4. The molecule has 6 nitrogen and oxygen atoms in total. The van der Waals surface area contributed by atoms with Crippen LogP contribution in [0.3, 0.4) is 0 Å². The Morgan fingerprint density at radius 2 is 1.80 bits per heavy atom. The van der Waals surface area contributed by atoms with Crippen molar-refractivity contribution < 1.29 is 27.8 Å². The van der Waals surface area contributed by atoms with Crippen LogP contribution in [0.4, 0.5) is 18.9 Å². The summed E-state index contributed by atoms with van der Waals surface area (Å²) in [5, 5.41) is 13.7. The zero-order chi connectivity index (χ0) is 21.6. The molecule has 2 N–H and O–H groups in total. The minimum Gasteiger partial charge on any atom is -0.476 e. The molecule has 1 aliphatic heterocycles. The first-order valence-electron chi connectivity index (χ1n) is 9.18. The molecule has 0 aliphatic carbocycles. The van der Waals surface area contributed by atoms with Gasteiger partial charge in [-0.25, -0.2) is 4.79 Å². The molecule has 2 aromatic carbocycles. The van der Waals surface area contributed by atoms with Crippen molar-refractivity contribution in [1.82, 2.24) is 4.90 Å². The van der Waals surface area contributed by atoms with Crippen molar-refractivity contribution in [3.8, 4) is 0 Å². The number of alkyl halides is 3. The van der Waals surface area contributed by atoms with E-state index in [1.54, 1.807) is 36.5 Å². The van der Waals surface area contributed by atoms with Gasteiger partial charge in [0.25, 0.3) is 0 Å². The summed E-state index contributed by atoms with van der Waals surface area (Å²) in [6.07, 6.45) is -2.82. The second-order valence-corrected chi connectivity index (χ2v) is 6.51. The van der Waals surface area contributed by atoms with E-state index in [0.29, 0.717) is 37.4 Å². The Morgan fingerprint density at radius 3 is 2.43 bits per heavy atom. The molecule has 0 bridgehead atoms. The number of carboxylic acid groups (broad SMARTS) is 1. The molecule has 2 aromatic rings. The zero-order valence-corrected chi connectivity index (χ0v) is 15.9. The molecule has 1 heterocycles. The first-order chi connectivity index (χ1) is 14.3. The number of rotatable bonds is 6. The Bertz CT molecular complexity index is 937. The lowest BCUT2D eigenvalue weighted by molar-refractivity contribution is -0.137. The second kappa shape index (κ2) is 9.45. The molecule has 9 heteroatoms. The number of hydrogen-bond acceptors (Lipinski definition) is 5. The van der Waals surface area contributed by atoms with Gasteiger partial charge < -0.3 is 14.7 Å². The lowest BCUT2D eigenvalue weighted by Gasteiger charge is -2.26. The van der Waals surface area contributed by atoms with Crippen molar-refractivity contribution >= 4 is 22.9 Å². The predicted octanol–water partition coefficient (Wildman–Crippen LogP) is 3.93. The van der Waals surface area contributed by atoms with Crippen LogP contribution in [-0.2, 0) is 15.7 Å². The van der Waals surface area contributed by atoms with Crippen LogP contribution in [0.2, 0.25) is 0 Å². The van der Waals surface area contributed by atoms with E-state index in [9.17, 15) is 23.1 Å². The van der Waals surface area contributed by atoms with Crippen molar-refractivity contribution in [2.45, 2.75) is 6.18 Å². The van der Waals surface area contributed by atoms with Crippen LogP contribution in [0.15, 0.2) is 65.9 Å². The van der Waals surface area contributed by atoms with Crippen LogP contribution in [0.1, 0.15) is 11.1 Å². The minimum absolute atomic E-state index is 0.0300. The Labute approximate surface area is 171 Å². The van der Waals surface area contributed by atoms with E-state index in [2.05, 4.69) is 10.5 Å². The number of nitrogens with one attached hydrogen (secondary N) is 1. The summed E-state index contributed by atoms with van der Waals surface area (Å²) in [6, 6.07) is 13.2. The van der Waals surface area contributed by atoms with Crippen LogP contribution in [0, 0.1) is 0 Å². The number of carboxylic acids is 1. The molecule has 0 amide bonds. The highest BCUT2D eigenvalue weighted by Crippen LogP contribution is 2.30. The molecule has 1 fully saturated rings. The fraction of sp³-hybridized carbons (Fsp3) is 0.238. The molecular weight excluding hydrogens is 399 g/mol. The largest absolute Gasteiger partial charge is 0.476 e. The third kappa shape index (κ3) is 5.60. The third-order valence-corrected chi connectivity index (χ3v) is 4.39. The van der Waals surface area contributed by atoms with Crippen LogP contribution >= 0.6 is 0 Å². The maximum atomic E-state index is 12.9. The summed E-state index contributed by atoms with van der Waals surface area (Å²) in [7, 11) is 0. The number of hydrogen-bond donors (Lipinski definition) is 2. The average molecular weight is 419 g/mol. The number of anilines is 1. The van der Waals surface area contributed by atoms with E-state index >= 15 is 0 Å². The van der Waals surface area contributed by atoms with Gasteiger partial charge in [0.15, 0.2) is 5.71 Å². The van der Waals surface area contributed by atoms with Gasteiger partial charge in [-0.15, -0.1) is 0 Å². The van der Waals surface area contributed by atoms with E-state index in [4.69, 9.17) is 4.74 Å². The van der Waals surface area contributed by atoms with Crippen molar-refractivity contribution in [1.29, 1.82) is 0 Å². The summed E-state index contributed by atoms with van der Waals surface area (Å²) in [5.74, 6) is -1.31. The van der Waals surface area contributed by atoms with E-state index in [1.165, 1.54) is 12.1 Å². The Hall–Kier alpha value is -3.33. The number of carbonyl (C=O) groups is 1. The van der Waals surface area contributed by atoms with E-state index in [1.807, 2.05) is 4.90 Å². The summed E-state index contributed by atoms with van der Waals surface area (Å²) >= 11 is 0. The van der Waals surface area contributed by atoms with Gasteiger partial charge >= 0.3 is 12.1 Å². The van der Waals surface area contributed by atoms with Gasteiger partial charge in [-0.2, -0.15) is 18.3 Å². The Morgan fingerprint density at radius 1 is 1.10 bits per heavy atom. The molecule has 3 rings (SSSR count). The van der Waals surface area contributed by atoms with Crippen LogP contribution < -0.4 is 5.43 Å². The number of benzene rings is 2. The topological polar surface area (TPSA) is 74.2 Å². The summed E-state index contributed by atoms with van der Waals surface area (Å²) in [4.78, 5) is 13.9. The summed E-state index contributed by atoms with van der Waals surface area (Å²) < 4.78 is 44.1. The molecule has 1 aliphatic rings. The van der Waals surface area contributed by atoms with Crippen LogP contribution in [-0.4, -0.2) is 48.0 Å². The van der Waals surface area contributed by atoms with Gasteiger partial charge in [-0.3, -0.25) is 5.43 Å². The maximum absolute atomic E-state index is 12.9. The summed E-state index contributed by atoms with van der Waals surface area (Å²) in [5.41, 5.74) is 2.27. The fourth-order valence-electron chi connectivity index (χ4n) is 2.89. The molecule has 0 radical (unpaired) electrons. The van der Waals surface area contributed by atoms with Crippen LogP contribution in [0.25, 0.3) is 5.57 Å². The van der Waals surface area contributed by atoms with Crippen molar-refractivity contribution in [2.24, 2.45) is 5.10 Å². The second-order valence-electron chi connectivity index (χ2n) is 6.51. The Kier molecular flexibility index (Phi) is 6.73. The molecule has 158 valence electrons. The van der Waals surface area contributed by atoms with Crippen molar-refractivity contribution in [2.75, 3.05) is 31.7 Å². The van der Waals surface area contributed by atoms with E-state index < -0.39 is 17.7 Å². The van der Waals surface area contributed by atoms with Gasteiger partial charge in [0.1, 0.15) is 0 Å². The molecule has 0 atom stereocenters. The fourth-order valence-corrected chi connectivity index (χ4v) is 2.89. The monoisotopic (exact) mass is 419 g/mol. The SMILES string of the molecule is O=C(O)C(=NNc1cccc(C(F)(F)F)c1)C(=CN1CCOCC1)c1ccccc1. The van der Waals surface area contributed by atoms with Gasteiger partial charge in [-0.1, -0.05) is 36.4 Å². The minimum atomic E-state index is -4.51. The van der Waals surface area contributed by atoms with Crippen molar-refractivity contribution in [3.63, 3.8) is 0 Å². The number of ether oxygens (including phenoxy) is 1. The normalized spacial score (nSPS) is 15.8. The van der Waals surface area contributed by atoms with E-state index in [-0.39, 0.29) is 11.4 Å². The number of hydrazone groups is 1. The first-order valence-corrected chi connectivity index (χ1v) is 9.18. The molecular formula is C21H20F3N3O3. The molecule has 0 saturated carbocycles. The highest BCUT2D eigenvalue weighted by atomic mass is 19.4. The van der Waals surface area contributed by atoms with Crippen LogP contribution in [0.5, 0.6) is 0 Å². The standard InChI is InChI=1S/C21H20F3N3O3/c22-21(23,24)16-7-4-8-17(13-16)25-26-19(20(28)29)18(15-5-2-1-3-6-15)14-27-9-11-30-12-10-27/h1-8,13-14,25H,9-12H2,(H,28,29). The van der Waals surface area contributed by atoms with Gasteiger partial charge in [0.2, 0.25) is 0 Å². The highest BCUT2D eigenvalue weighted by Gasteiger charge is 2.30. The predicted molar refractivity (Wildman–Crippen MR) is 107 cm³/mol. The van der Waals surface area contributed by atoms with E-state index in [0.717, 1.165) is 12.1 Å². The number of halogens is 3. The lowest BCUT2D eigenvalue weighted by Crippen LogP contribution is -2.33. The number of morpholine rings is 1. The average Bonchev–Trinajstić information content (AvgIpc) is 2.74. The van der Waals surface area contributed by atoms with Gasteiger partial charge in [-0.05, 0) is 23.8 Å². The number of aliphatic carboxylic acids is 1. The maximum Gasteiger partial charge on any atom is 0.416 e. The number of nitrogens with zero attached hydrogens (tertiary/aromatic N) is 2. The quantitative estimate of drug-likeness (QED) is 0.548. The molecule has 0 spiro atoms. The van der Waals surface area contributed by atoms with Crippen molar-refractivity contribution in [3.05, 3.63) is 71.9 Å². The highest BCUT2D eigenvalue weighted by molar-refractivity contribution is 6.53. The summed E-state index contributed by atoms with van der Waals surface area (Å²) in [6.45, 7) is 2.20. The molecule has 0 aromatic heterocycles. The smallest absolute Gasteiger partial charge is 0.416 e. The van der Waals surface area contributed by atoms with Gasteiger partial charge in [0, 0.05) is 24.9 Å². The Balaban J connectivity index is 1.96. The third-order valence-electron chi connectivity index (χ3n) is 4.39. The van der Waals surface area contributed by atoms with Gasteiger partial charge in [0.05, 0.1) is 24.5 Å². The lowest BCUT2D eigenvalue weighted by atomic mass is 10.0. The molecule has 30 heavy (non-hydrogen) atoms.